The molecule has 0 saturated heterocycles. The van der Waals surface area contributed by atoms with E-state index in [9.17, 15) is 0 Å². The predicted octanol–water partition coefficient (Wildman–Crippen LogP) is 13.3. The quantitative estimate of drug-likeness (QED) is 0.182. The van der Waals surface area contributed by atoms with Gasteiger partial charge < -0.3 is 19.8 Å². The highest BCUT2D eigenvalue weighted by atomic mass is 15.2. The molecule has 0 amide bonds. The molecule has 276 valence electrons. The lowest BCUT2D eigenvalue weighted by Crippen LogP contribution is -2.28. The standard InChI is InChI=1S/C54H40N4/c1-54(2)45-27-26-38(32-44(45)53-52(54)39-17-7-6-14-36(39)33-56(53)51-23-13-10-20-46(51)55)58-48-22-12-9-19-41(48)43-31-35(25-29-50(43)58)34-24-28-49-42(30-34)40-18-8-11-21-47(40)57(49)37-15-4-3-5-16-37/h3-32H,33,55H2,1-2H3. The number of hydrogen-bond acceptors (Lipinski definition) is 2. The zero-order valence-electron chi connectivity index (χ0n) is 32.4. The van der Waals surface area contributed by atoms with Crippen molar-refractivity contribution in [3.63, 3.8) is 0 Å². The molecule has 1 aliphatic heterocycles. The highest BCUT2D eigenvalue weighted by Crippen LogP contribution is 2.56. The van der Waals surface area contributed by atoms with E-state index in [0.717, 1.165) is 23.6 Å². The van der Waals surface area contributed by atoms with Crippen LogP contribution >= 0.6 is 0 Å². The van der Waals surface area contributed by atoms with Crippen LogP contribution in [0.2, 0.25) is 0 Å². The summed E-state index contributed by atoms with van der Waals surface area (Å²) in [4.78, 5) is 2.45. The average molecular weight is 745 g/mol. The molecule has 0 radical (unpaired) electrons. The van der Waals surface area contributed by atoms with Crippen LogP contribution in [-0.2, 0) is 12.0 Å². The van der Waals surface area contributed by atoms with E-state index in [4.69, 9.17) is 5.73 Å². The zero-order chi connectivity index (χ0) is 38.7. The van der Waals surface area contributed by atoms with Gasteiger partial charge in [0, 0.05) is 50.4 Å². The molecule has 58 heavy (non-hydrogen) atoms. The van der Waals surface area contributed by atoms with Gasteiger partial charge in [0.25, 0.3) is 0 Å². The fraction of sp³-hybridized carbons (Fsp3) is 0.0741. The van der Waals surface area contributed by atoms with E-state index in [0.29, 0.717) is 0 Å². The van der Waals surface area contributed by atoms with Gasteiger partial charge in [-0.25, -0.2) is 0 Å². The maximum Gasteiger partial charge on any atom is 0.0647 e. The van der Waals surface area contributed by atoms with Crippen molar-refractivity contribution in [3.8, 4) is 22.5 Å². The fourth-order valence-electron chi connectivity index (χ4n) is 10.3. The molecule has 2 N–H and O–H groups in total. The van der Waals surface area contributed by atoms with Crippen molar-refractivity contribution in [2.24, 2.45) is 0 Å². The number of nitrogens with two attached hydrogens (primary N) is 1. The molecule has 10 aromatic rings. The summed E-state index contributed by atoms with van der Waals surface area (Å²) < 4.78 is 4.83. The van der Waals surface area contributed by atoms with Crippen LogP contribution in [0.4, 0.5) is 11.4 Å². The predicted molar refractivity (Wildman–Crippen MR) is 244 cm³/mol. The molecule has 4 heteroatoms. The maximum absolute atomic E-state index is 6.73. The Hall–Kier alpha value is -7.30. The Morgan fingerprint density at radius 3 is 1.72 bits per heavy atom. The summed E-state index contributed by atoms with van der Waals surface area (Å²) >= 11 is 0. The number of anilines is 2. The molecule has 0 unspecified atom stereocenters. The Labute approximate surface area is 337 Å². The van der Waals surface area contributed by atoms with Crippen molar-refractivity contribution >= 4 is 66.3 Å². The average Bonchev–Trinajstić information content (AvgIpc) is 3.86. The number of allylic oxidation sites excluding steroid dienone is 1. The first-order valence-corrected chi connectivity index (χ1v) is 20.2. The third-order valence-electron chi connectivity index (χ3n) is 12.9. The summed E-state index contributed by atoms with van der Waals surface area (Å²) in [6.07, 6.45) is 0. The molecule has 0 fully saturated rings. The Morgan fingerprint density at radius 2 is 1.03 bits per heavy atom. The topological polar surface area (TPSA) is 39.1 Å². The van der Waals surface area contributed by atoms with E-state index in [1.54, 1.807) is 0 Å². The molecule has 0 saturated carbocycles. The molecular weight excluding hydrogens is 705 g/mol. The van der Waals surface area contributed by atoms with Crippen LogP contribution in [0.15, 0.2) is 182 Å². The van der Waals surface area contributed by atoms with E-state index in [2.05, 4.69) is 198 Å². The van der Waals surface area contributed by atoms with Crippen LogP contribution in [0.5, 0.6) is 0 Å². The van der Waals surface area contributed by atoms with Crippen molar-refractivity contribution in [1.29, 1.82) is 0 Å². The second kappa shape index (κ2) is 12.1. The molecule has 1 aliphatic carbocycles. The summed E-state index contributed by atoms with van der Waals surface area (Å²) in [6, 6.07) is 66.5. The molecule has 0 atom stereocenters. The van der Waals surface area contributed by atoms with E-state index in [1.807, 2.05) is 12.1 Å². The molecule has 2 aromatic heterocycles. The molecule has 0 spiro atoms. The largest absolute Gasteiger partial charge is 0.397 e. The molecule has 2 aliphatic rings. The summed E-state index contributed by atoms with van der Waals surface area (Å²) in [5, 5.41) is 5.00. The minimum absolute atomic E-state index is 0.203. The number of hydrogen-bond donors (Lipinski definition) is 1. The molecule has 0 bridgehead atoms. The molecule has 8 aromatic carbocycles. The van der Waals surface area contributed by atoms with Crippen LogP contribution in [-0.4, -0.2) is 9.13 Å². The van der Waals surface area contributed by atoms with Crippen LogP contribution in [0.3, 0.4) is 0 Å². The molecular formula is C54H40N4. The second-order valence-corrected chi connectivity index (χ2v) is 16.4. The Bertz CT molecular complexity index is 3360. The fourth-order valence-corrected chi connectivity index (χ4v) is 10.3. The Morgan fingerprint density at radius 1 is 0.466 bits per heavy atom. The summed E-state index contributed by atoms with van der Waals surface area (Å²) in [6.45, 7) is 5.52. The van der Waals surface area contributed by atoms with Crippen molar-refractivity contribution in [3.05, 3.63) is 204 Å². The van der Waals surface area contributed by atoms with Gasteiger partial charge in [-0.1, -0.05) is 123 Å². The van der Waals surface area contributed by atoms with E-state index in [-0.39, 0.29) is 5.41 Å². The third-order valence-corrected chi connectivity index (χ3v) is 12.9. The molecule has 12 rings (SSSR count). The Kier molecular flexibility index (Phi) is 6.86. The van der Waals surface area contributed by atoms with Crippen molar-refractivity contribution in [2.75, 3.05) is 10.6 Å². The lowest BCUT2D eigenvalue weighted by Gasteiger charge is -2.36. The van der Waals surface area contributed by atoms with Crippen LogP contribution in [0.1, 0.15) is 36.1 Å². The third kappa shape index (κ3) is 4.57. The summed E-state index contributed by atoms with van der Waals surface area (Å²) in [5.74, 6) is 0. The van der Waals surface area contributed by atoms with Gasteiger partial charge in [-0.3, -0.25) is 0 Å². The number of nitrogens with zero attached hydrogens (tertiary/aromatic N) is 3. The van der Waals surface area contributed by atoms with Gasteiger partial charge in [0.2, 0.25) is 0 Å². The molecule has 4 nitrogen and oxygen atoms in total. The van der Waals surface area contributed by atoms with Crippen LogP contribution in [0.25, 0.3) is 77.4 Å². The van der Waals surface area contributed by atoms with Gasteiger partial charge in [0.15, 0.2) is 0 Å². The van der Waals surface area contributed by atoms with Gasteiger partial charge in [-0.05, 0) is 106 Å². The Balaban J connectivity index is 1.04. The summed E-state index contributed by atoms with van der Waals surface area (Å²) in [5.41, 5.74) is 25.8. The van der Waals surface area contributed by atoms with Crippen LogP contribution < -0.4 is 10.6 Å². The van der Waals surface area contributed by atoms with Gasteiger partial charge in [-0.15, -0.1) is 0 Å². The lowest BCUT2D eigenvalue weighted by atomic mass is 9.76. The normalized spacial score (nSPS) is 14.4. The number of fused-ring (bicyclic) bond motifs is 10. The van der Waals surface area contributed by atoms with Gasteiger partial charge in [0.05, 0.1) is 39.1 Å². The van der Waals surface area contributed by atoms with E-state index < -0.39 is 0 Å². The minimum Gasteiger partial charge on any atom is -0.397 e. The van der Waals surface area contributed by atoms with Crippen LogP contribution in [0, 0.1) is 0 Å². The lowest BCUT2D eigenvalue weighted by molar-refractivity contribution is 0.700. The zero-order valence-corrected chi connectivity index (χ0v) is 32.4. The first-order chi connectivity index (χ1) is 28.5. The number of para-hydroxylation sites is 5. The number of benzene rings is 8. The van der Waals surface area contributed by atoms with Crippen molar-refractivity contribution in [2.45, 2.75) is 25.8 Å². The molecule has 3 heterocycles. The monoisotopic (exact) mass is 744 g/mol. The van der Waals surface area contributed by atoms with E-state index in [1.165, 1.54) is 93.9 Å². The SMILES string of the molecule is CC1(C)C2=C(c3cc(-n4c5ccccc5c5cc(-c6ccc7c(c6)c6ccccc6n7-c6ccccc6)ccc54)ccc31)N(c1ccccc1N)Cc1ccccc12. The number of aromatic nitrogens is 2. The van der Waals surface area contributed by atoms with Crippen molar-refractivity contribution in [1.82, 2.24) is 9.13 Å². The number of rotatable bonds is 4. The number of nitrogen functional groups attached to an aromatic ring is 1. The highest BCUT2D eigenvalue weighted by Gasteiger charge is 2.44. The first kappa shape index (κ1) is 32.9. The van der Waals surface area contributed by atoms with Gasteiger partial charge >= 0.3 is 0 Å². The van der Waals surface area contributed by atoms with Gasteiger partial charge in [0.1, 0.15) is 0 Å². The highest BCUT2D eigenvalue weighted by molar-refractivity contribution is 6.13. The smallest absolute Gasteiger partial charge is 0.0647 e. The minimum atomic E-state index is -0.203. The van der Waals surface area contributed by atoms with E-state index >= 15 is 0 Å². The van der Waals surface area contributed by atoms with Crippen molar-refractivity contribution < 1.29 is 0 Å². The maximum atomic E-state index is 6.73. The van der Waals surface area contributed by atoms with Gasteiger partial charge in [-0.2, -0.15) is 0 Å². The first-order valence-electron chi connectivity index (χ1n) is 20.2. The second-order valence-electron chi connectivity index (χ2n) is 16.4. The summed E-state index contributed by atoms with van der Waals surface area (Å²) in [7, 11) is 0.